The van der Waals surface area contributed by atoms with Gasteiger partial charge in [0.25, 0.3) is 0 Å². The van der Waals surface area contributed by atoms with Crippen molar-refractivity contribution in [2.24, 2.45) is 0 Å². The quantitative estimate of drug-likeness (QED) is 0.468. The fourth-order valence-corrected chi connectivity index (χ4v) is 3.65. The van der Waals surface area contributed by atoms with Gasteiger partial charge in [0, 0.05) is 61.6 Å². The molecule has 1 aromatic carbocycles. The Morgan fingerprint density at radius 2 is 2.09 bits per heavy atom. The second kappa shape index (κ2) is 11.0. The Bertz CT molecular complexity index is 1120. The van der Waals surface area contributed by atoms with E-state index in [-0.39, 0.29) is 11.6 Å². The van der Waals surface area contributed by atoms with Crippen molar-refractivity contribution in [2.75, 3.05) is 51.3 Å². The van der Waals surface area contributed by atoms with Gasteiger partial charge in [-0.2, -0.15) is 18.4 Å². The molecule has 0 bridgehead atoms. The third-order valence-corrected chi connectivity index (χ3v) is 5.45. The monoisotopic (exact) mass is 474 g/mol. The predicted octanol–water partition coefficient (Wildman–Crippen LogP) is 3.91. The highest BCUT2D eigenvalue weighted by Crippen LogP contribution is 2.30. The van der Waals surface area contributed by atoms with Crippen molar-refractivity contribution in [1.29, 1.82) is 10.7 Å². The van der Waals surface area contributed by atoms with Gasteiger partial charge in [-0.3, -0.25) is 10.4 Å². The lowest BCUT2D eigenvalue weighted by Gasteiger charge is -2.32. The van der Waals surface area contributed by atoms with Crippen LogP contribution in [0.4, 0.5) is 23.7 Å². The number of allylic oxidation sites excluding steroid dienone is 2. The second-order valence-corrected chi connectivity index (χ2v) is 7.54. The van der Waals surface area contributed by atoms with Gasteiger partial charge in [-0.1, -0.05) is 6.07 Å². The number of pyridine rings is 1. The minimum Gasteiger partial charge on any atom is -0.383 e. The molecule has 1 fully saturated rings. The predicted molar refractivity (Wildman–Crippen MR) is 123 cm³/mol. The number of fused-ring (bicyclic) bond motifs is 1. The van der Waals surface area contributed by atoms with E-state index >= 15 is 0 Å². The number of nitrogens with zero attached hydrogens (tertiary/aromatic N) is 4. The third kappa shape index (κ3) is 5.82. The molecule has 8 nitrogen and oxygen atoms in total. The first kappa shape index (κ1) is 25.0. The average molecular weight is 474 g/mol. The van der Waals surface area contributed by atoms with Gasteiger partial charge >= 0.3 is 12.2 Å². The van der Waals surface area contributed by atoms with Crippen LogP contribution in [0.15, 0.2) is 36.5 Å². The number of alkyl halides is 3. The summed E-state index contributed by atoms with van der Waals surface area (Å²) >= 11 is 0. The van der Waals surface area contributed by atoms with E-state index in [2.05, 4.69) is 10.3 Å². The fraction of sp³-hybridized carbons (Fsp3) is 0.391. The molecule has 180 valence electrons. The Hall–Kier alpha value is -3.65. The van der Waals surface area contributed by atoms with Gasteiger partial charge in [-0.15, -0.1) is 0 Å². The number of morpholine rings is 1. The van der Waals surface area contributed by atoms with E-state index in [1.54, 1.807) is 34.2 Å². The van der Waals surface area contributed by atoms with Crippen LogP contribution < -0.4 is 5.32 Å². The van der Waals surface area contributed by atoms with Gasteiger partial charge in [0.1, 0.15) is 5.71 Å². The second-order valence-electron chi connectivity index (χ2n) is 7.54. The minimum atomic E-state index is -4.88. The summed E-state index contributed by atoms with van der Waals surface area (Å²) < 4.78 is 44.7. The van der Waals surface area contributed by atoms with Crippen LogP contribution in [0.2, 0.25) is 0 Å². The van der Waals surface area contributed by atoms with Crippen LogP contribution in [0, 0.1) is 16.7 Å². The van der Waals surface area contributed by atoms with Gasteiger partial charge in [0.05, 0.1) is 24.8 Å². The molecule has 34 heavy (non-hydrogen) atoms. The molecule has 3 rings (SSSR count). The van der Waals surface area contributed by atoms with Crippen LogP contribution in [0.3, 0.4) is 0 Å². The summed E-state index contributed by atoms with van der Waals surface area (Å²) in [6.45, 7) is 5.38. The van der Waals surface area contributed by atoms with Crippen LogP contribution in [-0.4, -0.2) is 78.6 Å². The van der Waals surface area contributed by atoms with E-state index in [0.29, 0.717) is 62.5 Å². The summed E-state index contributed by atoms with van der Waals surface area (Å²) in [4.78, 5) is 20.4. The number of halogens is 3. The SMILES string of the molecule is CCN(CCNc1ccnc2ccc(/C(=C/C#N)C(=N)C(F)(F)F)cc12)C(=O)N1CCOCC1. The molecule has 1 aliphatic heterocycles. The lowest BCUT2D eigenvalue weighted by molar-refractivity contribution is -0.0578. The Morgan fingerprint density at radius 1 is 1.35 bits per heavy atom. The normalized spacial score (nSPS) is 14.6. The number of carbonyl (C=O) groups excluding carboxylic acids is 1. The van der Waals surface area contributed by atoms with E-state index in [1.807, 2.05) is 6.92 Å². The summed E-state index contributed by atoms with van der Waals surface area (Å²) in [7, 11) is 0. The van der Waals surface area contributed by atoms with Crippen molar-refractivity contribution in [1.82, 2.24) is 14.8 Å². The van der Waals surface area contributed by atoms with Gasteiger partial charge < -0.3 is 19.9 Å². The molecule has 2 amide bonds. The number of anilines is 1. The molecule has 0 radical (unpaired) electrons. The van der Waals surface area contributed by atoms with Crippen molar-refractivity contribution in [3.05, 3.63) is 42.1 Å². The first-order valence-corrected chi connectivity index (χ1v) is 10.8. The van der Waals surface area contributed by atoms with Crippen molar-refractivity contribution >= 4 is 33.9 Å². The Balaban J connectivity index is 1.79. The molecule has 0 atom stereocenters. The summed E-state index contributed by atoms with van der Waals surface area (Å²) in [5, 5.41) is 20.2. The van der Waals surface area contributed by atoms with Crippen LogP contribution >= 0.6 is 0 Å². The van der Waals surface area contributed by atoms with Gasteiger partial charge in [0.15, 0.2) is 0 Å². The molecular formula is C23H25F3N6O2. The Labute approximate surface area is 195 Å². The Kier molecular flexibility index (Phi) is 8.07. The van der Waals surface area contributed by atoms with Crippen molar-refractivity contribution < 1.29 is 22.7 Å². The molecule has 1 saturated heterocycles. The first-order chi connectivity index (χ1) is 16.3. The number of nitriles is 1. The molecular weight excluding hydrogens is 449 g/mol. The maximum absolute atomic E-state index is 13.1. The highest BCUT2D eigenvalue weighted by Gasteiger charge is 2.37. The summed E-state index contributed by atoms with van der Waals surface area (Å²) in [5.74, 6) is 0. The highest BCUT2D eigenvalue weighted by molar-refractivity contribution is 6.25. The number of hydrogen-bond acceptors (Lipinski definition) is 6. The largest absolute Gasteiger partial charge is 0.433 e. The number of likely N-dealkylation sites (N-methyl/N-ethyl adjacent to an activating group) is 1. The van der Waals surface area contributed by atoms with E-state index in [1.165, 1.54) is 12.1 Å². The maximum Gasteiger partial charge on any atom is 0.433 e. The molecule has 2 aromatic rings. The van der Waals surface area contributed by atoms with Crippen molar-refractivity contribution in [2.45, 2.75) is 13.1 Å². The smallest absolute Gasteiger partial charge is 0.383 e. The molecule has 1 aliphatic rings. The number of benzene rings is 1. The Morgan fingerprint density at radius 3 is 2.74 bits per heavy atom. The molecule has 11 heteroatoms. The number of aromatic nitrogens is 1. The zero-order valence-corrected chi connectivity index (χ0v) is 18.7. The van der Waals surface area contributed by atoms with E-state index in [4.69, 9.17) is 15.4 Å². The standard InChI is InChI=1S/C23H25F3N6O2/c1-2-31(22(33)32-11-13-34-14-12-32)10-9-30-20-6-8-29-19-4-3-16(15-18(19)20)17(5-7-27)21(28)23(24,25)26/h3-6,8,15,28H,2,9-14H2,1H3,(H,29,30)/b17-5-,28-21?. The highest BCUT2D eigenvalue weighted by atomic mass is 19.4. The number of hydrogen-bond donors (Lipinski definition) is 2. The summed E-state index contributed by atoms with van der Waals surface area (Å²) in [5.41, 5.74) is -0.853. The zero-order valence-electron chi connectivity index (χ0n) is 18.7. The minimum absolute atomic E-state index is 0.0635. The number of rotatable bonds is 7. The zero-order chi connectivity index (χ0) is 24.7. The molecule has 0 aliphatic carbocycles. The van der Waals surface area contributed by atoms with Gasteiger partial charge in [0.2, 0.25) is 0 Å². The van der Waals surface area contributed by atoms with Crippen molar-refractivity contribution in [3.8, 4) is 6.07 Å². The van der Waals surface area contributed by atoms with Crippen LogP contribution in [0.5, 0.6) is 0 Å². The maximum atomic E-state index is 13.1. The lowest BCUT2D eigenvalue weighted by atomic mass is 9.98. The van der Waals surface area contributed by atoms with Crippen LogP contribution in [-0.2, 0) is 4.74 Å². The topological polar surface area (TPSA) is 105 Å². The average Bonchev–Trinajstić information content (AvgIpc) is 2.84. The molecule has 2 heterocycles. The number of ether oxygens (including phenoxy) is 1. The van der Waals surface area contributed by atoms with Crippen LogP contribution in [0.25, 0.3) is 16.5 Å². The molecule has 0 spiro atoms. The molecule has 1 aromatic heterocycles. The van der Waals surface area contributed by atoms with Gasteiger partial charge in [-0.25, -0.2) is 4.79 Å². The van der Waals surface area contributed by atoms with Crippen LogP contribution in [0.1, 0.15) is 12.5 Å². The number of amides is 2. The third-order valence-electron chi connectivity index (χ3n) is 5.45. The van der Waals surface area contributed by atoms with E-state index in [9.17, 15) is 18.0 Å². The van der Waals surface area contributed by atoms with E-state index in [0.717, 1.165) is 6.08 Å². The summed E-state index contributed by atoms with van der Waals surface area (Å²) in [6, 6.07) is 7.64. The number of nitrogens with one attached hydrogen (secondary N) is 2. The number of carbonyl (C=O) groups is 1. The molecule has 0 unspecified atom stereocenters. The van der Waals surface area contributed by atoms with Crippen molar-refractivity contribution in [3.63, 3.8) is 0 Å². The molecule has 2 N–H and O–H groups in total. The number of urea groups is 1. The van der Waals surface area contributed by atoms with Gasteiger partial charge in [-0.05, 0) is 30.7 Å². The lowest BCUT2D eigenvalue weighted by Crippen LogP contribution is -2.49. The molecule has 0 saturated carbocycles. The fourth-order valence-electron chi connectivity index (χ4n) is 3.65. The first-order valence-electron chi connectivity index (χ1n) is 10.8. The van der Waals surface area contributed by atoms with E-state index < -0.39 is 17.5 Å². The summed E-state index contributed by atoms with van der Waals surface area (Å²) in [6.07, 6.45) is -2.59.